The highest BCUT2D eigenvalue weighted by molar-refractivity contribution is 5.94. The van der Waals surface area contributed by atoms with Gasteiger partial charge in [0.2, 0.25) is 0 Å². The molecule has 10 nitrogen and oxygen atoms in total. The molecular weight excluding hydrogens is 521 g/mol. The first-order valence-electron chi connectivity index (χ1n) is 13.1. The minimum Gasteiger partial charge on any atom is -0.481 e. The molecule has 0 saturated carbocycles. The van der Waals surface area contributed by atoms with Crippen LogP contribution in [-0.4, -0.2) is 71.8 Å². The van der Waals surface area contributed by atoms with Crippen molar-refractivity contribution in [3.63, 3.8) is 0 Å². The van der Waals surface area contributed by atoms with E-state index in [-0.39, 0.29) is 31.0 Å². The molecule has 1 heterocycles. The predicted octanol–water partition coefficient (Wildman–Crippen LogP) is 2.61. The number of aliphatic hydroxyl groups is 4. The summed E-state index contributed by atoms with van der Waals surface area (Å²) in [5, 5.41) is 52.7. The average molecular weight is 558 g/mol. The number of nitrogens with one attached hydrogen (secondary N) is 1. The second-order valence-electron chi connectivity index (χ2n) is 10.0. The normalized spacial score (nSPS) is 14.5. The van der Waals surface area contributed by atoms with Crippen LogP contribution < -0.4 is 5.32 Å². The molecule has 1 aromatic heterocycles. The van der Waals surface area contributed by atoms with Crippen molar-refractivity contribution in [2.24, 2.45) is 0 Å². The van der Waals surface area contributed by atoms with Crippen LogP contribution in [0, 0.1) is 5.82 Å². The largest absolute Gasteiger partial charge is 0.481 e. The molecule has 216 valence electrons. The molecule has 0 bridgehead atoms. The molecule has 3 aromatic rings. The number of imidazole rings is 1. The van der Waals surface area contributed by atoms with Crippen molar-refractivity contribution in [2.75, 3.05) is 6.61 Å². The second kappa shape index (κ2) is 14.1. The first kappa shape index (κ1) is 30.9. The number of rotatable bonds is 14. The number of aliphatic hydroxyl groups excluding tert-OH is 4. The third kappa shape index (κ3) is 7.95. The number of carboxylic acid groups (broad SMARTS) is 1. The molecule has 40 heavy (non-hydrogen) atoms. The van der Waals surface area contributed by atoms with Crippen molar-refractivity contribution < 1.29 is 39.5 Å². The summed E-state index contributed by atoms with van der Waals surface area (Å²) in [5.74, 6) is -2.14. The van der Waals surface area contributed by atoms with Gasteiger partial charge in [-0.05, 0) is 48.6 Å². The fourth-order valence-electron chi connectivity index (χ4n) is 4.60. The lowest BCUT2D eigenvalue weighted by molar-refractivity contribution is -0.139. The predicted molar refractivity (Wildman–Crippen MR) is 145 cm³/mol. The molecule has 11 heteroatoms. The Balaban J connectivity index is 1.95. The molecule has 0 unspecified atom stereocenters. The SMILES string of the molecule is CC(C)c1c(C(=O)N[C@H](CO)[C@@H](O)c2ccccc2)nc(-c2ccc(F)cc2)n1CC[C@@H](O)C[C@@H](O)CC(=O)O. The van der Waals surface area contributed by atoms with Crippen molar-refractivity contribution in [3.05, 3.63) is 77.4 Å². The molecule has 2 aromatic carbocycles. The van der Waals surface area contributed by atoms with Crippen LogP contribution in [0.2, 0.25) is 0 Å². The summed E-state index contributed by atoms with van der Waals surface area (Å²) in [4.78, 5) is 28.9. The number of aromatic nitrogens is 2. The Morgan fingerprint density at radius 3 is 2.23 bits per heavy atom. The summed E-state index contributed by atoms with van der Waals surface area (Å²) in [6.07, 6.45) is -3.95. The van der Waals surface area contributed by atoms with Crippen LogP contribution >= 0.6 is 0 Å². The molecule has 3 rings (SSSR count). The topological polar surface area (TPSA) is 165 Å². The van der Waals surface area contributed by atoms with Crippen molar-refractivity contribution in [3.8, 4) is 11.4 Å². The van der Waals surface area contributed by atoms with Gasteiger partial charge in [0.05, 0.1) is 37.0 Å². The zero-order chi connectivity index (χ0) is 29.4. The van der Waals surface area contributed by atoms with Gasteiger partial charge in [0, 0.05) is 12.1 Å². The van der Waals surface area contributed by atoms with Crippen LogP contribution in [0.25, 0.3) is 11.4 Å². The number of benzene rings is 2. The minimum absolute atomic E-state index is 0.0495. The summed E-state index contributed by atoms with van der Waals surface area (Å²) < 4.78 is 15.4. The van der Waals surface area contributed by atoms with E-state index < -0.39 is 55.1 Å². The molecular formula is C29H36FN3O7. The van der Waals surface area contributed by atoms with Gasteiger partial charge < -0.3 is 35.4 Å². The van der Waals surface area contributed by atoms with Crippen LogP contribution in [0.5, 0.6) is 0 Å². The summed E-state index contributed by atoms with van der Waals surface area (Å²) in [6, 6.07) is 13.1. The standard InChI is InChI=1S/C29H36FN3O7/c1-17(2)26-25(29(40)31-23(16-34)27(39)18-6-4-3-5-7-18)32-28(19-8-10-20(30)11-9-19)33(26)13-12-21(35)14-22(36)15-24(37)38/h3-11,17,21-23,27,34-36,39H,12-16H2,1-2H3,(H,31,40)(H,37,38)/t21-,22-,23-,27+/m1/s1. The maximum Gasteiger partial charge on any atom is 0.305 e. The first-order chi connectivity index (χ1) is 19.0. The smallest absolute Gasteiger partial charge is 0.305 e. The number of aliphatic carboxylic acids is 1. The van der Waals surface area contributed by atoms with Crippen LogP contribution in [0.3, 0.4) is 0 Å². The van der Waals surface area contributed by atoms with Gasteiger partial charge in [0.25, 0.3) is 5.91 Å². The average Bonchev–Trinajstić information content (AvgIpc) is 3.30. The quantitative estimate of drug-likeness (QED) is 0.176. The highest BCUT2D eigenvalue weighted by Gasteiger charge is 2.29. The van der Waals surface area contributed by atoms with Crippen LogP contribution in [-0.2, 0) is 11.3 Å². The lowest BCUT2D eigenvalue weighted by atomic mass is 10.0. The molecule has 0 aliphatic heterocycles. The number of nitrogens with zero attached hydrogens (tertiary/aromatic N) is 2. The van der Waals surface area contributed by atoms with Crippen molar-refractivity contribution in [1.82, 2.24) is 14.9 Å². The molecule has 0 aliphatic rings. The maximum absolute atomic E-state index is 13.7. The Labute approximate surface area is 231 Å². The Kier molecular flexibility index (Phi) is 10.9. The monoisotopic (exact) mass is 557 g/mol. The van der Waals surface area contributed by atoms with Gasteiger partial charge in [0.15, 0.2) is 0 Å². The van der Waals surface area contributed by atoms with E-state index in [1.165, 1.54) is 24.3 Å². The van der Waals surface area contributed by atoms with E-state index in [9.17, 15) is 34.4 Å². The van der Waals surface area contributed by atoms with Crippen LogP contribution in [0.1, 0.15) is 66.9 Å². The number of carbonyl (C=O) groups is 2. The Bertz CT molecular complexity index is 1260. The summed E-state index contributed by atoms with van der Waals surface area (Å²) >= 11 is 0. The van der Waals surface area contributed by atoms with Gasteiger partial charge in [-0.1, -0.05) is 44.2 Å². The first-order valence-corrected chi connectivity index (χ1v) is 13.1. The number of halogens is 1. The number of amides is 1. The molecule has 0 aliphatic carbocycles. The van der Waals surface area contributed by atoms with Crippen LogP contribution in [0.15, 0.2) is 54.6 Å². The summed E-state index contributed by atoms with van der Waals surface area (Å²) in [6.45, 7) is 3.34. The third-order valence-electron chi connectivity index (χ3n) is 6.55. The minimum atomic E-state index is -1.22. The summed E-state index contributed by atoms with van der Waals surface area (Å²) in [5.41, 5.74) is 1.60. The van der Waals surface area contributed by atoms with E-state index in [1.807, 2.05) is 13.8 Å². The second-order valence-corrected chi connectivity index (χ2v) is 10.0. The van der Waals surface area contributed by atoms with Crippen molar-refractivity contribution in [1.29, 1.82) is 0 Å². The number of hydrogen-bond acceptors (Lipinski definition) is 7. The lowest BCUT2D eigenvalue weighted by Gasteiger charge is -2.23. The fraction of sp³-hybridized carbons (Fsp3) is 0.414. The fourth-order valence-corrected chi connectivity index (χ4v) is 4.60. The zero-order valence-corrected chi connectivity index (χ0v) is 22.4. The zero-order valence-electron chi connectivity index (χ0n) is 22.4. The van der Waals surface area contributed by atoms with Crippen LogP contribution in [0.4, 0.5) is 4.39 Å². The molecule has 0 radical (unpaired) electrons. The third-order valence-corrected chi connectivity index (χ3v) is 6.55. The number of carboxylic acids is 1. The molecule has 0 fully saturated rings. The molecule has 6 N–H and O–H groups in total. The van der Waals surface area contributed by atoms with Gasteiger partial charge >= 0.3 is 5.97 Å². The van der Waals surface area contributed by atoms with Gasteiger partial charge in [0.1, 0.15) is 23.4 Å². The molecule has 0 saturated heterocycles. The molecule has 0 spiro atoms. The van der Waals surface area contributed by atoms with E-state index >= 15 is 0 Å². The van der Waals surface area contributed by atoms with Gasteiger partial charge in [-0.25, -0.2) is 9.37 Å². The van der Waals surface area contributed by atoms with E-state index in [2.05, 4.69) is 10.3 Å². The van der Waals surface area contributed by atoms with Crippen molar-refractivity contribution in [2.45, 2.75) is 69.9 Å². The van der Waals surface area contributed by atoms with Crippen molar-refractivity contribution >= 4 is 11.9 Å². The van der Waals surface area contributed by atoms with Gasteiger partial charge in [-0.3, -0.25) is 9.59 Å². The highest BCUT2D eigenvalue weighted by atomic mass is 19.1. The molecule has 4 atom stereocenters. The highest BCUT2D eigenvalue weighted by Crippen LogP contribution is 2.29. The summed E-state index contributed by atoms with van der Waals surface area (Å²) in [7, 11) is 0. The van der Waals surface area contributed by atoms with Gasteiger partial charge in [-0.2, -0.15) is 0 Å². The van der Waals surface area contributed by atoms with E-state index in [1.54, 1.807) is 34.9 Å². The van der Waals surface area contributed by atoms with Gasteiger partial charge in [-0.15, -0.1) is 0 Å². The van der Waals surface area contributed by atoms with E-state index in [4.69, 9.17) is 5.11 Å². The maximum atomic E-state index is 13.7. The van der Waals surface area contributed by atoms with E-state index in [0.29, 0.717) is 22.6 Å². The van der Waals surface area contributed by atoms with E-state index in [0.717, 1.165) is 0 Å². The Morgan fingerprint density at radius 1 is 1.00 bits per heavy atom. The Morgan fingerprint density at radius 2 is 1.65 bits per heavy atom. The number of carbonyl (C=O) groups excluding carboxylic acids is 1. The Hall–Kier alpha value is -3.64. The lowest BCUT2D eigenvalue weighted by Crippen LogP contribution is -2.42. The molecule has 1 amide bonds. The number of hydrogen-bond donors (Lipinski definition) is 6.